The number of Topliss-reactive ketones (excluding diaryl/α,β-unsaturated/α-hetero) is 1. The van der Waals surface area contributed by atoms with Crippen LogP contribution in [0.4, 0.5) is 11.4 Å². The second kappa shape index (κ2) is 11.8. The lowest BCUT2D eigenvalue weighted by molar-refractivity contribution is 0.0992. The summed E-state index contributed by atoms with van der Waals surface area (Å²) in [6.45, 7) is 4.05. The van der Waals surface area contributed by atoms with Crippen molar-refractivity contribution in [2.45, 2.75) is 12.8 Å². The Bertz CT molecular complexity index is 1150. The molecule has 180 valence electrons. The van der Waals surface area contributed by atoms with E-state index in [9.17, 15) is 14.7 Å². The molecule has 0 unspecified atom stereocenters. The van der Waals surface area contributed by atoms with Gasteiger partial charge in [0.05, 0.1) is 14.4 Å². The highest BCUT2D eigenvalue weighted by atomic mass is 79.9. The van der Waals surface area contributed by atoms with Crippen molar-refractivity contribution < 1.29 is 14.7 Å². The number of halogens is 2. The third-order valence-electron chi connectivity index (χ3n) is 5.78. The van der Waals surface area contributed by atoms with Crippen LogP contribution in [0.5, 0.6) is 5.75 Å². The Morgan fingerprint density at radius 3 is 2.50 bits per heavy atom. The molecule has 1 aliphatic heterocycles. The van der Waals surface area contributed by atoms with Crippen LogP contribution >= 0.6 is 39.7 Å². The normalized spacial score (nSPS) is 14.2. The monoisotopic (exact) mass is 563 g/mol. The van der Waals surface area contributed by atoms with E-state index in [-0.39, 0.29) is 42.0 Å². The first-order chi connectivity index (χ1) is 15.9. The molecule has 0 aliphatic carbocycles. The van der Waals surface area contributed by atoms with E-state index in [0.717, 1.165) is 42.1 Å². The predicted molar refractivity (Wildman–Crippen MR) is 144 cm³/mol. The van der Waals surface area contributed by atoms with Crippen LogP contribution in [0.3, 0.4) is 0 Å². The summed E-state index contributed by atoms with van der Waals surface area (Å²) in [5.74, 6) is -0.461. The van der Waals surface area contributed by atoms with Gasteiger partial charge in [0, 0.05) is 37.3 Å². The van der Waals surface area contributed by atoms with Crippen LogP contribution in [-0.4, -0.2) is 54.9 Å². The zero-order valence-corrected chi connectivity index (χ0v) is 22.0. The largest absolute Gasteiger partial charge is 0.506 e. The standard InChI is InChI=1S/C25H26BrN3O3S.ClH/c1-28-12-3-13-29(15-14-28)19-8-6-17(7-9-19)25(32)27-24-18(4-2-5-20(24)30)16-21(31)22-10-11-23(26)33-22;/h2,4-11,30H,3,12-16H2,1H3,(H,27,32);1H. The molecular weight excluding hydrogens is 538 g/mol. The lowest BCUT2D eigenvalue weighted by Crippen LogP contribution is -2.28. The molecule has 0 bridgehead atoms. The van der Waals surface area contributed by atoms with Crippen molar-refractivity contribution in [3.63, 3.8) is 0 Å². The van der Waals surface area contributed by atoms with Gasteiger partial charge in [-0.15, -0.1) is 23.7 Å². The summed E-state index contributed by atoms with van der Waals surface area (Å²) >= 11 is 4.73. The van der Waals surface area contributed by atoms with Crippen LogP contribution in [0.2, 0.25) is 0 Å². The summed E-state index contributed by atoms with van der Waals surface area (Å²) in [6, 6.07) is 16.0. The molecule has 1 fully saturated rings. The number of hydrogen-bond donors (Lipinski definition) is 2. The Balaban J connectivity index is 0.00000324. The van der Waals surface area contributed by atoms with E-state index < -0.39 is 0 Å². The van der Waals surface area contributed by atoms with Gasteiger partial charge in [-0.3, -0.25) is 9.59 Å². The van der Waals surface area contributed by atoms with Gasteiger partial charge >= 0.3 is 0 Å². The number of phenolic OH excluding ortho intramolecular Hbond substituents is 1. The van der Waals surface area contributed by atoms with Crippen molar-refractivity contribution in [3.8, 4) is 5.75 Å². The number of benzene rings is 2. The van der Waals surface area contributed by atoms with Gasteiger partial charge in [-0.25, -0.2) is 0 Å². The first-order valence-corrected chi connectivity index (χ1v) is 12.5. The van der Waals surface area contributed by atoms with E-state index in [1.807, 2.05) is 18.2 Å². The topological polar surface area (TPSA) is 72.9 Å². The molecule has 2 heterocycles. The van der Waals surface area contributed by atoms with E-state index in [1.54, 1.807) is 30.3 Å². The average Bonchev–Trinajstić information content (AvgIpc) is 3.13. The van der Waals surface area contributed by atoms with Gasteiger partial charge in [0.15, 0.2) is 5.78 Å². The zero-order valence-electron chi connectivity index (χ0n) is 18.8. The number of nitrogens with one attached hydrogen (secondary N) is 1. The van der Waals surface area contributed by atoms with Crippen molar-refractivity contribution in [2.75, 3.05) is 43.4 Å². The minimum absolute atomic E-state index is 0. The number of hydrogen-bond acceptors (Lipinski definition) is 6. The van der Waals surface area contributed by atoms with E-state index in [1.165, 1.54) is 17.4 Å². The number of amides is 1. The van der Waals surface area contributed by atoms with Gasteiger partial charge in [0.25, 0.3) is 5.91 Å². The first kappa shape index (κ1) is 26.2. The number of carbonyl (C=O) groups is 2. The van der Waals surface area contributed by atoms with E-state index in [0.29, 0.717) is 16.0 Å². The molecular formula is C25H27BrClN3O3S. The van der Waals surface area contributed by atoms with Crippen LogP contribution in [-0.2, 0) is 6.42 Å². The van der Waals surface area contributed by atoms with Crippen LogP contribution in [0.1, 0.15) is 32.0 Å². The number of aromatic hydroxyl groups is 1. The maximum absolute atomic E-state index is 12.9. The third kappa shape index (κ3) is 6.39. The summed E-state index contributed by atoms with van der Waals surface area (Å²) in [5, 5.41) is 13.2. The molecule has 6 nitrogen and oxygen atoms in total. The molecule has 0 atom stereocenters. The molecule has 0 saturated carbocycles. The van der Waals surface area contributed by atoms with Gasteiger partial charge in [0.2, 0.25) is 0 Å². The summed E-state index contributed by atoms with van der Waals surface area (Å²) in [7, 11) is 2.14. The molecule has 2 N–H and O–H groups in total. The molecule has 9 heteroatoms. The number of para-hydroxylation sites is 1. The molecule has 1 aromatic heterocycles. The molecule has 0 radical (unpaired) electrons. The Morgan fingerprint density at radius 1 is 1.03 bits per heavy atom. The van der Waals surface area contributed by atoms with Crippen LogP contribution in [0.15, 0.2) is 58.4 Å². The maximum atomic E-state index is 12.9. The minimum Gasteiger partial charge on any atom is -0.506 e. The molecule has 3 aromatic rings. The molecule has 34 heavy (non-hydrogen) atoms. The number of ketones is 1. The Kier molecular flexibility index (Phi) is 9.13. The second-order valence-corrected chi connectivity index (χ2v) is 10.6. The van der Waals surface area contributed by atoms with E-state index >= 15 is 0 Å². The lowest BCUT2D eigenvalue weighted by atomic mass is 10.0. The Labute approximate surface area is 218 Å². The van der Waals surface area contributed by atoms with Crippen molar-refractivity contribution in [1.29, 1.82) is 0 Å². The van der Waals surface area contributed by atoms with Crippen molar-refractivity contribution in [1.82, 2.24) is 4.90 Å². The number of rotatable bonds is 6. The second-order valence-electron chi connectivity index (χ2n) is 8.16. The summed E-state index contributed by atoms with van der Waals surface area (Å²) in [5.41, 5.74) is 2.43. The minimum atomic E-state index is -0.328. The lowest BCUT2D eigenvalue weighted by Gasteiger charge is -2.23. The molecule has 0 spiro atoms. The summed E-state index contributed by atoms with van der Waals surface area (Å²) in [4.78, 5) is 30.9. The van der Waals surface area contributed by atoms with Gasteiger partial charge in [-0.1, -0.05) is 12.1 Å². The number of thiophene rings is 1. The number of nitrogens with zero attached hydrogens (tertiary/aromatic N) is 2. The highest BCUT2D eigenvalue weighted by Crippen LogP contribution is 2.30. The third-order valence-corrected chi connectivity index (χ3v) is 7.45. The van der Waals surface area contributed by atoms with E-state index in [2.05, 4.69) is 38.1 Å². The fourth-order valence-corrected chi connectivity index (χ4v) is 5.24. The zero-order chi connectivity index (χ0) is 23.4. The van der Waals surface area contributed by atoms with Crippen molar-refractivity contribution >= 4 is 62.7 Å². The molecule has 1 aliphatic rings. The quantitative estimate of drug-likeness (QED) is 0.307. The maximum Gasteiger partial charge on any atom is 0.255 e. The van der Waals surface area contributed by atoms with Gasteiger partial charge in [-0.2, -0.15) is 0 Å². The number of anilines is 2. The van der Waals surface area contributed by atoms with Crippen molar-refractivity contribution in [3.05, 3.63) is 74.4 Å². The SMILES string of the molecule is CN1CCCN(c2ccc(C(=O)Nc3c(O)cccc3CC(=O)c3ccc(Br)s3)cc2)CC1.Cl. The Morgan fingerprint density at radius 2 is 1.79 bits per heavy atom. The van der Waals surface area contributed by atoms with Crippen LogP contribution < -0.4 is 10.2 Å². The van der Waals surface area contributed by atoms with Gasteiger partial charge in [0.1, 0.15) is 5.75 Å². The van der Waals surface area contributed by atoms with E-state index in [4.69, 9.17) is 0 Å². The molecule has 4 rings (SSSR count). The summed E-state index contributed by atoms with van der Waals surface area (Å²) < 4.78 is 0.880. The number of likely N-dealkylation sites (N-methyl/N-ethyl adjacent to an activating group) is 1. The smallest absolute Gasteiger partial charge is 0.255 e. The fraction of sp³-hybridized carbons (Fsp3) is 0.280. The first-order valence-electron chi connectivity index (χ1n) is 10.8. The highest BCUT2D eigenvalue weighted by Gasteiger charge is 2.18. The van der Waals surface area contributed by atoms with Crippen LogP contribution in [0, 0.1) is 0 Å². The molecule has 1 saturated heterocycles. The number of phenols is 1. The van der Waals surface area contributed by atoms with Crippen molar-refractivity contribution in [2.24, 2.45) is 0 Å². The Hall–Kier alpha value is -2.39. The summed E-state index contributed by atoms with van der Waals surface area (Å²) in [6.07, 6.45) is 1.19. The highest BCUT2D eigenvalue weighted by molar-refractivity contribution is 9.11. The molecule has 1 amide bonds. The number of carbonyl (C=O) groups excluding carboxylic acids is 2. The van der Waals surface area contributed by atoms with Crippen LogP contribution in [0.25, 0.3) is 0 Å². The predicted octanol–water partition coefficient (Wildman–Crippen LogP) is 5.46. The fourth-order valence-electron chi connectivity index (χ4n) is 3.92. The average molecular weight is 565 g/mol. The van der Waals surface area contributed by atoms with Gasteiger partial charge < -0.3 is 20.2 Å². The molecule has 2 aromatic carbocycles. The van der Waals surface area contributed by atoms with Gasteiger partial charge in [-0.05, 0) is 84.0 Å².